The van der Waals surface area contributed by atoms with Gasteiger partial charge in [-0.25, -0.2) is 9.18 Å². The first-order chi connectivity index (χ1) is 11.0. The average Bonchev–Trinajstić information content (AvgIpc) is 2.55. The Bertz CT molecular complexity index is 790. The van der Waals surface area contributed by atoms with Crippen molar-refractivity contribution in [2.75, 3.05) is 11.4 Å². The Hall–Kier alpha value is -2.89. The van der Waals surface area contributed by atoms with E-state index in [9.17, 15) is 19.1 Å². The van der Waals surface area contributed by atoms with Crippen molar-refractivity contribution in [1.29, 1.82) is 0 Å². The number of carboxylic acid groups (broad SMARTS) is 1. The second kappa shape index (κ2) is 5.72. The largest absolute Gasteiger partial charge is 0.478 e. The lowest BCUT2D eigenvalue weighted by molar-refractivity contribution is -0.144. The molecule has 5 nitrogen and oxygen atoms in total. The van der Waals surface area contributed by atoms with Crippen LogP contribution in [-0.2, 0) is 4.79 Å². The number of rotatable bonds is 2. The minimum atomic E-state index is -1.16. The van der Waals surface area contributed by atoms with E-state index in [-0.39, 0.29) is 12.1 Å². The number of carbonyl (C=O) groups is 2. The summed E-state index contributed by atoms with van der Waals surface area (Å²) in [6.45, 7) is 1.47. The van der Waals surface area contributed by atoms with Gasteiger partial charge in [0.2, 0.25) is 6.10 Å². The van der Waals surface area contributed by atoms with E-state index in [0.29, 0.717) is 17.0 Å². The fourth-order valence-electron chi connectivity index (χ4n) is 2.44. The summed E-state index contributed by atoms with van der Waals surface area (Å²) in [7, 11) is 0. The number of amides is 1. The fraction of sp³-hybridized carbons (Fsp3) is 0.176. The van der Waals surface area contributed by atoms with Gasteiger partial charge in [-0.3, -0.25) is 4.79 Å². The number of carboxylic acids is 1. The van der Waals surface area contributed by atoms with Gasteiger partial charge in [0.05, 0.1) is 12.2 Å². The van der Waals surface area contributed by atoms with Crippen LogP contribution in [0, 0.1) is 12.7 Å². The number of aryl methyl sites for hydroxylation is 1. The zero-order valence-corrected chi connectivity index (χ0v) is 12.3. The highest BCUT2D eigenvalue weighted by atomic mass is 19.1. The summed E-state index contributed by atoms with van der Waals surface area (Å²) in [5.74, 6) is -1.79. The van der Waals surface area contributed by atoms with Gasteiger partial charge >= 0.3 is 5.97 Å². The standard InChI is InChI=1S/C17H14FNO4/c1-10-6-7-11(8-12(10)18)16(20)19-9-15(17(21)22)23-14-5-3-2-4-13(14)19/h2-8,15H,9H2,1H3,(H,21,22)/t15-/m1/s1. The number of para-hydroxylation sites is 2. The van der Waals surface area contributed by atoms with Gasteiger partial charge in [-0.05, 0) is 36.8 Å². The first-order valence-electron chi connectivity index (χ1n) is 7.04. The smallest absolute Gasteiger partial charge is 0.346 e. The molecule has 1 aliphatic rings. The number of hydrogen-bond acceptors (Lipinski definition) is 3. The molecule has 0 saturated heterocycles. The van der Waals surface area contributed by atoms with E-state index in [2.05, 4.69) is 0 Å². The van der Waals surface area contributed by atoms with Crippen LogP contribution >= 0.6 is 0 Å². The van der Waals surface area contributed by atoms with E-state index in [4.69, 9.17) is 4.74 Å². The molecule has 0 aromatic heterocycles. The van der Waals surface area contributed by atoms with Crippen LogP contribution in [-0.4, -0.2) is 29.6 Å². The Morgan fingerprint density at radius 1 is 1.26 bits per heavy atom. The van der Waals surface area contributed by atoms with Crippen molar-refractivity contribution in [2.45, 2.75) is 13.0 Å². The van der Waals surface area contributed by atoms with Gasteiger partial charge in [0.1, 0.15) is 11.6 Å². The molecule has 1 heterocycles. The fourth-order valence-corrected chi connectivity index (χ4v) is 2.44. The van der Waals surface area contributed by atoms with Gasteiger partial charge in [-0.15, -0.1) is 0 Å². The van der Waals surface area contributed by atoms with Crippen molar-refractivity contribution >= 4 is 17.6 Å². The lowest BCUT2D eigenvalue weighted by atomic mass is 10.1. The van der Waals surface area contributed by atoms with Crippen molar-refractivity contribution in [3.63, 3.8) is 0 Å². The zero-order chi connectivity index (χ0) is 16.6. The second-order valence-corrected chi connectivity index (χ2v) is 5.29. The molecule has 1 amide bonds. The Morgan fingerprint density at radius 2 is 2.00 bits per heavy atom. The number of fused-ring (bicyclic) bond motifs is 1. The van der Waals surface area contributed by atoms with Crippen LogP contribution in [0.3, 0.4) is 0 Å². The summed E-state index contributed by atoms with van der Waals surface area (Å²) < 4.78 is 19.1. The van der Waals surface area contributed by atoms with Gasteiger partial charge in [-0.1, -0.05) is 18.2 Å². The highest BCUT2D eigenvalue weighted by molar-refractivity contribution is 6.07. The highest BCUT2D eigenvalue weighted by Gasteiger charge is 2.34. The molecule has 1 atom stereocenters. The summed E-state index contributed by atoms with van der Waals surface area (Å²) in [6.07, 6.45) is -1.16. The lowest BCUT2D eigenvalue weighted by Crippen LogP contribution is -2.47. The first-order valence-corrected chi connectivity index (χ1v) is 7.04. The SMILES string of the molecule is Cc1ccc(C(=O)N2C[C@H](C(=O)O)Oc3ccccc32)cc1F. The van der Waals surface area contributed by atoms with Crippen LogP contribution in [0.15, 0.2) is 42.5 Å². The van der Waals surface area contributed by atoms with Crippen LogP contribution in [0.1, 0.15) is 15.9 Å². The molecule has 2 aromatic rings. The Kier molecular flexibility index (Phi) is 3.73. The molecule has 6 heteroatoms. The maximum Gasteiger partial charge on any atom is 0.346 e. The first kappa shape index (κ1) is 15.0. The minimum absolute atomic E-state index is 0.138. The predicted octanol–water partition coefficient (Wildman–Crippen LogP) is 2.63. The van der Waals surface area contributed by atoms with Gasteiger partial charge in [0.15, 0.2) is 0 Å². The molecule has 1 N–H and O–H groups in total. The third-order valence-electron chi connectivity index (χ3n) is 3.71. The Labute approximate surface area is 131 Å². The second-order valence-electron chi connectivity index (χ2n) is 5.29. The van der Waals surface area contributed by atoms with E-state index < -0.39 is 23.8 Å². The minimum Gasteiger partial charge on any atom is -0.478 e. The van der Waals surface area contributed by atoms with Crippen molar-refractivity contribution < 1.29 is 23.8 Å². The Morgan fingerprint density at radius 3 is 2.70 bits per heavy atom. The zero-order valence-electron chi connectivity index (χ0n) is 12.3. The summed E-state index contributed by atoms with van der Waals surface area (Å²) in [4.78, 5) is 25.3. The van der Waals surface area contributed by atoms with E-state index in [1.54, 1.807) is 31.2 Å². The number of ether oxygens (including phenoxy) is 1. The predicted molar refractivity (Wildman–Crippen MR) is 81.3 cm³/mol. The quantitative estimate of drug-likeness (QED) is 0.925. The molecular weight excluding hydrogens is 301 g/mol. The van der Waals surface area contributed by atoms with Crippen LogP contribution in [0.4, 0.5) is 10.1 Å². The van der Waals surface area contributed by atoms with Crippen LogP contribution in [0.25, 0.3) is 0 Å². The summed E-state index contributed by atoms with van der Waals surface area (Å²) in [5.41, 5.74) is 1.07. The number of hydrogen-bond donors (Lipinski definition) is 1. The maximum atomic E-state index is 13.7. The molecule has 0 saturated carbocycles. The maximum absolute atomic E-state index is 13.7. The number of nitrogens with zero attached hydrogens (tertiary/aromatic N) is 1. The molecule has 3 rings (SSSR count). The molecule has 0 aliphatic carbocycles. The Balaban J connectivity index is 2.01. The van der Waals surface area contributed by atoms with Crippen LogP contribution < -0.4 is 9.64 Å². The number of benzene rings is 2. The van der Waals surface area contributed by atoms with Crippen molar-refractivity contribution in [3.05, 3.63) is 59.4 Å². The van der Waals surface area contributed by atoms with E-state index in [1.807, 2.05) is 0 Å². The monoisotopic (exact) mass is 315 g/mol. The molecule has 0 spiro atoms. The summed E-state index contributed by atoms with van der Waals surface area (Å²) in [5, 5.41) is 9.19. The van der Waals surface area contributed by atoms with Crippen LogP contribution in [0.2, 0.25) is 0 Å². The third kappa shape index (κ3) is 2.75. The van der Waals surface area contributed by atoms with Crippen molar-refractivity contribution in [3.8, 4) is 5.75 Å². The lowest BCUT2D eigenvalue weighted by Gasteiger charge is -2.33. The number of aliphatic carboxylic acids is 1. The van der Waals surface area contributed by atoms with Gasteiger partial charge < -0.3 is 14.7 Å². The molecule has 1 aliphatic heterocycles. The average molecular weight is 315 g/mol. The van der Waals surface area contributed by atoms with Gasteiger partial charge in [-0.2, -0.15) is 0 Å². The summed E-state index contributed by atoms with van der Waals surface area (Å²) in [6, 6.07) is 10.9. The van der Waals surface area contributed by atoms with Gasteiger partial charge in [0.25, 0.3) is 5.91 Å². The van der Waals surface area contributed by atoms with E-state index in [0.717, 1.165) is 6.07 Å². The van der Waals surface area contributed by atoms with Gasteiger partial charge in [0, 0.05) is 5.56 Å². The van der Waals surface area contributed by atoms with Crippen molar-refractivity contribution in [2.24, 2.45) is 0 Å². The van der Waals surface area contributed by atoms with E-state index in [1.165, 1.54) is 17.0 Å². The number of carbonyl (C=O) groups excluding carboxylic acids is 1. The molecule has 0 radical (unpaired) electrons. The van der Waals surface area contributed by atoms with Crippen molar-refractivity contribution in [1.82, 2.24) is 0 Å². The highest BCUT2D eigenvalue weighted by Crippen LogP contribution is 2.34. The normalized spacial score (nSPS) is 16.4. The number of anilines is 1. The van der Waals surface area contributed by atoms with E-state index >= 15 is 0 Å². The molecule has 0 bridgehead atoms. The molecule has 0 fully saturated rings. The summed E-state index contributed by atoms with van der Waals surface area (Å²) >= 11 is 0. The molecular formula is C17H14FNO4. The third-order valence-corrected chi connectivity index (χ3v) is 3.71. The topological polar surface area (TPSA) is 66.8 Å². The molecule has 23 heavy (non-hydrogen) atoms. The van der Waals surface area contributed by atoms with Crippen LogP contribution in [0.5, 0.6) is 5.75 Å². The molecule has 118 valence electrons. The number of halogens is 1. The molecule has 0 unspecified atom stereocenters. The molecule has 2 aromatic carbocycles.